The van der Waals surface area contributed by atoms with Crippen LogP contribution in [-0.2, 0) is 0 Å². The first kappa shape index (κ1) is 12.9. The number of hydrogen-bond acceptors (Lipinski definition) is 4. The van der Waals surface area contributed by atoms with Crippen LogP contribution in [0.25, 0.3) is 11.3 Å². The highest BCUT2D eigenvalue weighted by atomic mass is 19.1. The Kier molecular flexibility index (Phi) is 3.56. The van der Waals surface area contributed by atoms with Crippen LogP contribution in [0.4, 0.5) is 14.6 Å². The second kappa shape index (κ2) is 5.50. The van der Waals surface area contributed by atoms with E-state index in [1.54, 1.807) is 6.07 Å². The summed E-state index contributed by atoms with van der Waals surface area (Å²) in [6.45, 7) is 3.57. The summed E-state index contributed by atoms with van der Waals surface area (Å²) >= 11 is 0. The second-order valence-corrected chi connectivity index (χ2v) is 4.64. The van der Waals surface area contributed by atoms with E-state index in [1.165, 1.54) is 12.1 Å². The van der Waals surface area contributed by atoms with Crippen LogP contribution >= 0.6 is 0 Å². The molecule has 104 valence electrons. The molecule has 1 aromatic heterocycles. The third-order valence-corrected chi connectivity index (χ3v) is 3.30. The van der Waals surface area contributed by atoms with Crippen molar-refractivity contribution in [2.24, 2.45) is 0 Å². The lowest BCUT2D eigenvalue weighted by Gasteiger charge is -2.27. The van der Waals surface area contributed by atoms with Gasteiger partial charge in [0, 0.05) is 37.8 Å². The number of benzene rings is 1. The van der Waals surface area contributed by atoms with Crippen LogP contribution < -0.4 is 10.2 Å². The van der Waals surface area contributed by atoms with E-state index in [1.807, 2.05) is 6.07 Å². The van der Waals surface area contributed by atoms with Gasteiger partial charge in [-0.3, -0.25) is 0 Å². The van der Waals surface area contributed by atoms with Gasteiger partial charge in [0.15, 0.2) is 5.82 Å². The van der Waals surface area contributed by atoms with E-state index in [0.717, 1.165) is 38.1 Å². The minimum atomic E-state index is -0.630. The number of nitrogens with zero attached hydrogens (tertiary/aromatic N) is 3. The minimum Gasteiger partial charge on any atom is -0.353 e. The summed E-state index contributed by atoms with van der Waals surface area (Å²) in [5, 5.41) is 11.4. The molecule has 6 heteroatoms. The van der Waals surface area contributed by atoms with Gasteiger partial charge in [0.2, 0.25) is 0 Å². The van der Waals surface area contributed by atoms with Crippen LogP contribution in [0, 0.1) is 11.6 Å². The SMILES string of the molecule is Fc1ccc(-c2ccc(N3CCNCC3)nn2)c(F)c1. The average Bonchev–Trinajstić information content (AvgIpc) is 2.48. The van der Waals surface area contributed by atoms with Gasteiger partial charge in [0.05, 0.1) is 5.69 Å². The van der Waals surface area contributed by atoms with Gasteiger partial charge in [-0.25, -0.2) is 8.78 Å². The standard InChI is InChI=1S/C14H14F2N4/c15-10-1-2-11(12(16)9-10)13-3-4-14(19-18-13)20-7-5-17-6-8-20/h1-4,9,17H,5-8H2. The molecule has 1 aliphatic heterocycles. The van der Waals surface area contributed by atoms with E-state index < -0.39 is 11.6 Å². The molecule has 0 saturated carbocycles. The van der Waals surface area contributed by atoms with E-state index in [4.69, 9.17) is 0 Å². The maximum atomic E-state index is 13.7. The maximum absolute atomic E-state index is 13.7. The van der Waals surface area contributed by atoms with Crippen LogP contribution in [0.1, 0.15) is 0 Å². The van der Waals surface area contributed by atoms with Crippen molar-refractivity contribution in [1.82, 2.24) is 15.5 Å². The van der Waals surface area contributed by atoms with Crippen LogP contribution in [0.3, 0.4) is 0 Å². The Morgan fingerprint density at radius 3 is 2.45 bits per heavy atom. The topological polar surface area (TPSA) is 41.0 Å². The quantitative estimate of drug-likeness (QED) is 0.908. The highest BCUT2D eigenvalue weighted by molar-refractivity contribution is 5.60. The normalized spacial score (nSPS) is 15.4. The summed E-state index contributed by atoms with van der Waals surface area (Å²) in [6.07, 6.45) is 0. The van der Waals surface area contributed by atoms with E-state index in [2.05, 4.69) is 20.4 Å². The molecule has 0 amide bonds. The zero-order chi connectivity index (χ0) is 13.9. The fourth-order valence-corrected chi connectivity index (χ4v) is 2.23. The zero-order valence-corrected chi connectivity index (χ0v) is 10.8. The fraction of sp³-hybridized carbons (Fsp3) is 0.286. The van der Waals surface area contributed by atoms with Crippen molar-refractivity contribution in [2.45, 2.75) is 0 Å². The first-order valence-electron chi connectivity index (χ1n) is 6.49. The zero-order valence-electron chi connectivity index (χ0n) is 10.8. The highest BCUT2D eigenvalue weighted by Gasteiger charge is 2.13. The number of piperazine rings is 1. The molecule has 0 radical (unpaired) electrons. The molecular weight excluding hydrogens is 262 g/mol. The maximum Gasteiger partial charge on any atom is 0.151 e. The van der Waals surface area contributed by atoms with E-state index >= 15 is 0 Å². The first-order valence-corrected chi connectivity index (χ1v) is 6.49. The Hall–Kier alpha value is -2.08. The van der Waals surface area contributed by atoms with Gasteiger partial charge in [-0.1, -0.05) is 0 Å². The monoisotopic (exact) mass is 276 g/mol. The van der Waals surface area contributed by atoms with Crippen molar-refractivity contribution in [3.05, 3.63) is 42.0 Å². The molecule has 20 heavy (non-hydrogen) atoms. The summed E-state index contributed by atoms with van der Waals surface area (Å²) in [7, 11) is 0. The molecule has 0 bridgehead atoms. The molecule has 4 nitrogen and oxygen atoms in total. The van der Waals surface area contributed by atoms with Crippen LogP contribution in [0.2, 0.25) is 0 Å². The average molecular weight is 276 g/mol. The molecule has 0 unspecified atom stereocenters. The van der Waals surface area contributed by atoms with Gasteiger partial charge in [-0.2, -0.15) is 0 Å². The molecule has 0 spiro atoms. The van der Waals surface area contributed by atoms with Crippen molar-refractivity contribution in [1.29, 1.82) is 0 Å². The van der Waals surface area contributed by atoms with Gasteiger partial charge in [0.25, 0.3) is 0 Å². The van der Waals surface area contributed by atoms with Gasteiger partial charge < -0.3 is 10.2 Å². The molecule has 0 aliphatic carbocycles. The molecule has 2 aromatic rings. The number of nitrogens with one attached hydrogen (secondary N) is 1. The smallest absolute Gasteiger partial charge is 0.151 e. The van der Waals surface area contributed by atoms with E-state index in [-0.39, 0.29) is 5.56 Å². The van der Waals surface area contributed by atoms with Crippen molar-refractivity contribution in [2.75, 3.05) is 31.1 Å². The Bertz CT molecular complexity index is 595. The molecule has 1 aliphatic rings. The lowest BCUT2D eigenvalue weighted by molar-refractivity contribution is 0.581. The third-order valence-electron chi connectivity index (χ3n) is 3.30. The fourth-order valence-electron chi connectivity index (χ4n) is 2.23. The summed E-state index contributed by atoms with van der Waals surface area (Å²) in [4.78, 5) is 2.12. The lowest BCUT2D eigenvalue weighted by Crippen LogP contribution is -2.43. The largest absolute Gasteiger partial charge is 0.353 e. The van der Waals surface area contributed by atoms with Crippen molar-refractivity contribution in [3.63, 3.8) is 0 Å². The van der Waals surface area contributed by atoms with Gasteiger partial charge in [-0.05, 0) is 24.3 Å². The number of rotatable bonds is 2. The van der Waals surface area contributed by atoms with Crippen molar-refractivity contribution in [3.8, 4) is 11.3 Å². The summed E-state index contributed by atoms with van der Waals surface area (Å²) in [6, 6.07) is 6.96. The van der Waals surface area contributed by atoms with Crippen LogP contribution in [-0.4, -0.2) is 36.4 Å². The summed E-state index contributed by atoms with van der Waals surface area (Å²) in [5.41, 5.74) is 0.659. The Morgan fingerprint density at radius 2 is 1.80 bits per heavy atom. The minimum absolute atomic E-state index is 0.255. The second-order valence-electron chi connectivity index (χ2n) is 4.64. The number of aromatic nitrogens is 2. The molecule has 1 saturated heterocycles. The molecule has 1 aromatic carbocycles. The van der Waals surface area contributed by atoms with Gasteiger partial charge in [-0.15, -0.1) is 10.2 Å². The number of anilines is 1. The molecule has 3 rings (SSSR count). The van der Waals surface area contributed by atoms with E-state index in [0.29, 0.717) is 5.69 Å². The third kappa shape index (κ3) is 2.60. The first-order chi connectivity index (χ1) is 9.74. The van der Waals surface area contributed by atoms with Crippen molar-refractivity contribution >= 4 is 5.82 Å². The van der Waals surface area contributed by atoms with Crippen LogP contribution in [0.5, 0.6) is 0 Å². The molecular formula is C14H14F2N4. The predicted octanol–water partition coefficient (Wildman–Crippen LogP) is 1.83. The summed E-state index contributed by atoms with van der Waals surface area (Å²) in [5.74, 6) is -0.455. The summed E-state index contributed by atoms with van der Waals surface area (Å²) < 4.78 is 26.5. The predicted molar refractivity (Wildman–Crippen MR) is 72.5 cm³/mol. The Morgan fingerprint density at radius 1 is 1.00 bits per heavy atom. The van der Waals surface area contributed by atoms with Crippen LogP contribution in [0.15, 0.2) is 30.3 Å². The molecule has 1 N–H and O–H groups in total. The van der Waals surface area contributed by atoms with Crippen molar-refractivity contribution < 1.29 is 8.78 Å². The lowest BCUT2D eigenvalue weighted by atomic mass is 10.1. The highest BCUT2D eigenvalue weighted by Crippen LogP contribution is 2.22. The Balaban J connectivity index is 1.85. The van der Waals surface area contributed by atoms with Gasteiger partial charge >= 0.3 is 0 Å². The van der Waals surface area contributed by atoms with E-state index in [9.17, 15) is 8.78 Å². The number of hydrogen-bond donors (Lipinski definition) is 1. The molecule has 0 atom stereocenters. The number of halogens is 2. The Labute approximate surface area is 115 Å². The molecule has 1 fully saturated rings. The molecule has 2 heterocycles. The van der Waals surface area contributed by atoms with Gasteiger partial charge in [0.1, 0.15) is 11.6 Å².